The highest BCUT2D eigenvalue weighted by molar-refractivity contribution is 5.71. The number of carbonyl (C=O) groups excluding carboxylic acids is 1. The van der Waals surface area contributed by atoms with Crippen molar-refractivity contribution in [3.63, 3.8) is 0 Å². The van der Waals surface area contributed by atoms with Gasteiger partial charge in [-0.1, -0.05) is 25.1 Å². The molecule has 0 atom stereocenters. The highest BCUT2D eigenvalue weighted by atomic mass is 19.1. The van der Waals surface area contributed by atoms with Gasteiger partial charge >= 0.3 is 6.09 Å². The molecular weight excluding hydrogens is 335 g/mol. The lowest BCUT2D eigenvalue weighted by Gasteiger charge is -2.27. The zero-order valence-corrected chi connectivity index (χ0v) is 15.1. The van der Waals surface area contributed by atoms with Gasteiger partial charge in [-0.05, 0) is 49.1 Å². The van der Waals surface area contributed by atoms with Crippen molar-refractivity contribution in [2.75, 3.05) is 13.1 Å². The van der Waals surface area contributed by atoms with Crippen molar-refractivity contribution in [3.05, 3.63) is 48.0 Å². The third-order valence-electron chi connectivity index (χ3n) is 4.56. The summed E-state index contributed by atoms with van der Waals surface area (Å²) in [6.45, 7) is 5.12. The molecule has 1 aromatic heterocycles. The van der Waals surface area contributed by atoms with Gasteiger partial charge in [-0.15, -0.1) is 5.10 Å². The van der Waals surface area contributed by atoms with Crippen LogP contribution in [0.4, 0.5) is 9.18 Å². The number of hydrogen-bond donors (Lipinski definition) is 0. The second kappa shape index (κ2) is 8.12. The first-order valence-corrected chi connectivity index (χ1v) is 8.94. The number of benzene rings is 1. The molecule has 138 valence electrons. The van der Waals surface area contributed by atoms with Crippen LogP contribution < -0.4 is 0 Å². The molecule has 1 aliphatic rings. The van der Waals surface area contributed by atoms with Crippen LogP contribution in [-0.4, -0.2) is 45.2 Å². The lowest BCUT2D eigenvalue weighted by atomic mass is 10.1. The van der Waals surface area contributed by atoms with Gasteiger partial charge in [-0.2, -0.15) is 0 Å². The zero-order valence-electron chi connectivity index (χ0n) is 15.1. The number of nitrogens with zero attached hydrogens (tertiary/aromatic N) is 4. The van der Waals surface area contributed by atoms with E-state index in [0.717, 1.165) is 29.8 Å². The van der Waals surface area contributed by atoms with Crippen LogP contribution in [0.1, 0.15) is 38.8 Å². The monoisotopic (exact) mass is 358 g/mol. The molecule has 1 aromatic carbocycles. The van der Waals surface area contributed by atoms with Gasteiger partial charge in [-0.3, -0.25) is 0 Å². The summed E-state index contributed by atoms with van der Waals surface area (Å²) >= 11 is 0. The summed E-state index contributed by atoms with van der Waals surface area (Å²) in [6.07, 6.45) is 5.86. The highest BCUT2D eigenvalue weighted by Gasteiger charge is 2.22. The first-order valence-electron chi connectivity index (χ1n) is 8.94. The van der Waals surface area contributed by atoms with Crippen LogP contribution in [0.2, 0.25) is 0 Å². The number of rotatable bonds is 5. The summed E-state index contributed by atoms with van der Waals surface area (Å²) in [5, 5.41) is 8.30. The predicted molar refractivity (Wildman–Crippen MR) is 96.3 cm³/mol. The van der Waals surface area contributed by atoms with E-state index in [1.165, 1.54) is 12.1 Å². The lowest BCUT2D eigenvalue weighted by molar-refractivity contribution is 0.0618. The van der Waals surface area contributed by atoms with E-state index in [1.54, 1.807) is 21.7 Å². The Morgan fingerprint density at radius 1 is 1.27 bits per heavy atom. The molecule has 0 unspecified atom stereocenters. The average molecular weight is 358 g/mol. The van der Waals surface area contributed by atoms with E-state index in [9.17, 15) is 9.18 Å². The number of ether oxygens (including phenoxy) is 1. The summed E-state index contributed by atoms with van der Waals surface area (Å²) in [7, 11) is 0. The number of hydrogen-bond acceptors (Lipinski definition) is 4. The Hall–Kier alpha value is -2.70. The number of amides is 1. The van der Waals surface area contributed by atoms with Crippen molar-refractivity contribution in [1.29, 1.82) is 0 Å². The quantitative estimate of drug-likeness (QED) is 0.815. The minimum absolute atomic E-state index is 0.0246. The van der Waals surface area contributed by atoms with E-state index in [4.69, 9.17) is 4.74 Å². The molecule has 2 heterocycles. The molecule has 0 spiro atoms. The van der Waals surface area contributed by atoms with Gasteiger partial charge in [0.1, 0.15) is 17.6 Å². The molecular formula is C19H23FN4O2. The van der Waals surface area contributed by atoms with Gasteiger partial charge in [0.2, 0.25) is 0 Å². The van der Waals surface area contributed by atoms with Gasteiger partial charge in [0, 0.05) is 13.1 Å². The molecule has 0 fully saturated rings. The van der Waals surface area contributed by atoms with E-state index < -0.39 is 0 Å². The standard InChI is InChI=1S/C19H23FN4O2/c1-3-17(4-2)26-19(25)23-11-9-14(10-12-23)18-13-24(22-21-18)16-7-5-15(20)6-8-16/h5-9,13,17H,3-4,10-12H2,1-2H3. The van der Waals surface area contributed by atoms with Crippen molar-refractivity contribution >= 4 is 11.7 Å². The maximum absolute atomic E-state index is 13.0. The Morgan fingerprint density at radius 2 is 2.00 bits per heavy atom. The molecule has 0 radical (unpaired) electrons. The first-order chi connectivity index (χ1) is 12.6. The van der Waals surface area contributed by atoms with Crippen molar-refractivity contribution in [3.8, 4) is 5.69 Å². The van der Waals surface area contributed by atoms with E-state index >= 15 is 0 Å². The molecule has 0 saturated heterocycles. The van der Waals surface area contributed by atoms with E-state index in [-0.39, 0.29) is 18.0 Å². The summed E-state index contributed by atoms with van der Waals surface area (Å²) in [5.74, 6) is -0.288. The Labute approximate surface area is 152 Å². The second-order valence-corrected chi connectivity index (χ2v) is 6.27. The van der Waals surface area contributed by atoms with Gasteiger partial charge in [-0.25, -0.2) is 13.9 Å². The van der Waals surface area contributed by atoms with Crippen LogP contribution >= 0.6 is 0 Å². The molecule has 1 amide bonds. The fourth-order valence-corrected chi connectivity index (χ4v) is 2.87. The Morgan fingerprint density at radius 3 is 2.62 bits per heavy atom. The van der Waals surface area contributed by atoms with E-state index in [0.29, 0.717) is 19.5 Å². The normalized spacial score (nSPS) is 14.5. The van der Waals surface area contributed by atoms with E-state index in [2.05, 4.69) is 10.3 Å². The van der Waals surface area contributed by atoms with Crippen LogP contribution in [0.3, 0.4) is 0 Å². The minimum atomic E-state index is -0.288. The molecule has 2 aromatic rings. The zero-order chi connectivity index (χ0) is 18.5. The molecule has 6 nitrogen and oxygen atoms in total. The largest absolute Gasteiger partial charge is 0.446 e. The van der Waals surface area contributed by atoms with Crippen LogP contribution in [0, 0.1) is 5.82 Å². The second-order valence-electron chi connectivity index (χ2n) is 6.27. The lowest BCUT2D eigenvalue weighted by Crippen LogP contribution is -2.37. The van der Waals surface area contributed by atoms with Crippen molar-refractivity contribution in [2.24, 2.45) is 0 Å². The SMILES string of the molecule is CCC(CC)OC(=O)N1CC=C(c2cn(-c3ccc(F)cc3)nn2)CC1. The Balaban J connectivity index is 1.64. The van der Waals surface area contributed by atoms with Crippen LogP contribution in [-0.2, 0) is 4.74 Å². The van der Waals surface area contributed by atoms with Gasteiger partial charge in [0.25, 0.3) is 0 Å². The number of carbonyl (C=O) groups is 1. The molecule has 0 aliphatic carbocycles. The van der Waals surface area contributed by atoms with Gasteiger partial charge in [0.15, 0.2) is 0 Å². The predicted octanol–water partition coefficient (Wildman–Crippen LogP) is 3.82. The van der Waals surface area contributed by atoms with Gasteiger partial charge < -0.3 is 9.64 Å². The maximum atomic E-state index is 13.0. The van der Waals surface area contributed by atoms with Crippen LogP contribution in [0.15, 0.2) is 36.5 Å². The van der Waals surface area contributed by atoms with Crippen molar-refractivity contribution in [1.82, 2.24) is 19.9 Å². The average Bonchev–Trinajstić information content (AvgIpc) is 3.16. The summed E-state index contributed by atoms with van der Waals surface area (Å²) < 4.78 is 20.1. The topological polar surface area (TPSA) is 60.2 Å². The van der Waals surface area contributed by atoms with Crippen LogP contribution in [0.5, 0.6) is 0 Å². The molecule has 7 heteroatoms. The third kappa shape index (κ3) is 4.09. The molecule has 0 N–H and O–H groups in total. The first kappa shape index (κ1) is 18.1. The Kier molecular flexibility index (Phi) is 5.65. The molecule has 0 saturated carbocycles. The Bertz CT molecular complexity index is 781. The molecule has 26 heavy (non-hydrogen) atoms. The fraction of sp³-hybridized carbons (Fsp3) is 0.421. The summed E-state index contributed by atoms with van der Waals surface area (Å²) in [4.78, 5) is 13.9. The van der Waals surface area contributed by atoms with Gasteiger partial charge in [0.05, 0.1) is 11.9 Å². The maximum Gasteiger partial charge on any atom is 0.410 e. The van der Waals surface area contributed by atoms with E-state index in [1.807, 2.05) is 26.1 Å². The highest BCUT2D eigenvalue weighted by Crippen LogP contribution is 2.22. The number of halogens is 1. The van der Waals surface area contributed by atoms with Crippen molar-refractivity contribution in [2.45, 2.75) is 39.2 Å². The summed E-state index contributed by atoms with van der Waals surface area (Å²) in [5.41, 5.74) is 2.56. The smallest absolute Gasteiger partial charge is 0.410 e. The van der Waals surface area contributed by atoms with Crippen molar-refractivity contribution < 1.29 is 13.9 Å². The van der Waals surface area contributed by atoms with Crippen LogP contribution in [0.25, 0.3) is 11.3 Å². The fourth-order valence-electron chi connectivity index (χ4n) is 2.87. The molecule has 0 bridgehead atoms. The molecule has 1 aliphatic heterocycles. The summed E-state index contributed by atoms with van der Waals surface area (Å²) in [6, 6.07) is 6.08. The number of aromatic nitrogens is 3. The minimum Gasteiger partial charge on any atom is -0.446 e. The third-order valence-corrected chi connectivity index (χ3v) is 4.56. The molecule has 3 rings (SSSR count).